The number of aromatic amines is 1. The number of likely N-dealkylation sites (tertiary alicyclic amines) is 1. The Labute approximate surface area is 203 Å². The van der Waals surface area contributed by atoms with Crippen LogP contribution in [0.2, 0.25) is 0 Å². The zero-order valence-electron chi connectivity index (χ0n) is 19.6. The third-order valence-electron chi connectivity index (χ3n) is 6.76. The number of carbonyl (C=O) groups is 1. The van der Waals surface area contributed by atoms with Crippen LogP contribution in [0.1, 0.15) is 36.6 Å². The van der Waals surface area contributed by atoms with Crippen LogP contribution in [-0.2, 0) is 4.79 Å². The van der Waals surface area contributed by atoms with Crippen molar-refractivity contribution < 1.29 is 19.7 Å². The number of pyridine rings is 1. The number of piperidine rings is 1. The SMILES string of the molecule is COc1ccc2nccc(C(O)CC[C@@H]3CCN(CCSc4cn[nH]c4C)C[C@@H]3C(=O)O)c2c1. The highest BCUT2D eigenvalue weighted by Gasteiger charge is 2.34. The number of H-pyrrole nitrogens is 1. The van der Waals surface area contributed by atoms with E-state index in [1.165, 1.54) is 0 Å². The molecule has 0 amide bonds. The average molecular weight is 485 g/mol. The second-order valence-electron chi connectivity index (χ2n) is 8.88. The van der Waals surface area contributed by atoms with Crippen molar-refractivity contribution in [2.24, 2.45) is 11.8 Å². The highest BCUT2D eigenvalue weighted by molar-refractivity contribution is 7.99. The number of carboxylic acids is 1. The maximum absolute atomic E-state index is 12.0. The second-order valence-corrected chi connectivity index (χ2v) is 10.0. The first-order chi connectivity index (χ1) is 16.5. The van der Waals surface area contributed by atoms with Crippen LogP contribution in [0.25, 0.3) is 10.9 Å². The normalized spacial score (nSPS) is 19.9. The summed E-state index contributed by atoms with van der Waals surface area (Å²) >= 11 is 1.74. The molecule has 1 aromatic carbocycles. The number of hydrogen-bond acceptors (Lipinski definition) is 7. The minimum Gasteiger partial charge on any atom is -0.497 e. The molecule has 0 spiro atoms. The van der Waals surface area contributed by atoms with Gasteiger partial charge in [0.2, 0.25) is 0 Å². The quantitative estimate of drug-likeness (QED) is 0.372. The molecule has 0 bridgehead atoms. The molecule has 1 saturated heterocycles. The standard InChI is InChI=1S/C25H32N4O4S/c1-16-24(14-27-28-16)34-12-11-29-10-8-17(21(15-29)25(31)32)3-6-23(30)19-7-9-26-22-5-4-18(33-2)13-20(19)22/h4-5,7,9,13-14,17,21,23,30H,3,6,8,10-12,15H2,1-2H3,(H,27,28)(H,31,32)/t17-,21+,23?/m1/s1. The van der Waals surface area contributed by atoms with Crippen LogP contribution in [-0.4, -0.2) is 68.8 Å². The van der Waals surface area contributed by atoms with Crippen LogP contribution >= 0.6 is 11.8 Å². The Hall–Kier alpha value is -2.62. The van der Waals surface area contributed by atoms with Gasteiger partial charge in [-0.05, 0) is 68.5 Å². The highest BCUT2D eigenvalue weighted by Crippen LogP contribution is 2.34. The number of aliphatic hydroxyl groups excluding tert-OH is 1. The fourth-order valence-corrected chi connectivity index (χ4v) is 5.72. The predicted molar refractivity (Wildman–Crippen MR) is 132 cm³/mol. The summed E-state index contributed by atoms with van der Waals surface area (Å²) in [6.45, 7) is 4.28. The molecular weight excluding hydrogens is 452 g/mol. The van der Waals surface area contributed by atoms with Gasteiger partial charge in [-0.3, -0.25) is 14.9 Å². The van der Waals surface area contributed by atoms with Gasteiger partial charge in [-0.1, -0.05) is 0 Å². The van der Waals surface area contributed by atoms with E-state index in [2.05, 4.69) is 20.1 Å². The van der Waals surface area contributed by atoms with Gasteiger partial charge in [0.25, 0.3) is 0 Å². The predicted octanol–water partition coefficient (Wildman–Crippen LogP) is 3.90. The largest absolute Gasteiger partial charge is 0.497 e. The van der Waals surface area contributed by atoms with Crippen molar-refractivity contribution in [2.75, 3.05) is 32.5 Å². The monoisotopic (exact) mass is 484 g/mol. The van der Waals surface area contributed by atoms with Gasteiger partial charge >= 0.3 is 5.97 Å². The van der Waals surface area contributed by atoms with Crippen molar-refractivity contribution in [3.05, 3.63) is 47.9 Å². The molecule has 3 N–H and O–H groups in total. The number of hydrogen-bond donors (Lipinski definition) is 3. The molecule has 1 unspecified atom stereocenters. The Morgan fingerprint density at radius 3 is 2.97 bits per heavy atom. The molecule has 3 atom stereocenters. The number of aryl methyl sites for hydroxylation is 1. The van der Waals surface area contributed by atoms with E-state index in [0.29, 0.717) is 25.1 Å². The number of ether oxygens (including phenoxy) is 1. The van der Waals surface area contributed by atoms with Gasteiger partial charge in [0.15, 0.2) is 0 Å². The Kier molecular flexibility index (Phi) is 8.07. The molecule has 0 saturated carbocycles. The summed E-state index contributed by atoms with van der Waals surface area (Å²) in [5.74, 6) is 0.495. The van der Waals surface area contributed by atoms with E-state index in [4.69, 9.17) is 4.74 Å². The van der Waals surface area contributed by atoms with Gasteiger partial charge in [0, 0.05) is 41.0 Å². The van der Waals surface area contributed by atoms with Crippen LogP contribution < -0.4 is 4.74 Å². The summed E-state index contributed by atoms with van der Waals surface area (Å²) in [7, 11) is 1.61. The molecule has 8 nitrogen and oxygen atoms in total. The lowest BCUT2D eigenvalue weighted by Gasteiger charge is -2.37. The van der Waals surface area contributed by atoms with Crippen molar-refractivity contribution in [1.82, 2.24) is 20.1 Å². The summed E-state index contributed by atoms with van der Waals surface area (Å²) in [6.07, 6.45) is 4.86. The number of methoxy groups -OCH3 is 1. The maximum Gasteiger partial charge on any atom is 0.308 e. The zero-order valence-corrected chi connectivity index (χ0v) is 20.4. The third-order valence-corrected chi connectivity index (χ3v) is 7.87. The van der Waals surface area contributed by atoms with Crippen LogP contribution in [0.15, 0.2) is 41.6 Å². The number of fused-ring (bicyclic) bond motifs is 1. The first-order valence-corrected chi connectivity index (χ1v) is 12.6. The molecule has 2 aromatic heterocycles. The van der Waals surface area contributed by atoms with Gasteiger partial charge in [-0.25, -0.2) is 0 Å². The van der Waals surface area contributed by atoms with Crippen LogP contribution in [0.4, 0.5) is 0 Å². The molecule has 1 fully saturated rings. The van der Waals surface area contributed by atoms with E-state index in [-0.39, 0.29) is 5.92 Å². The minimum absolute atomic E-state index is 0.0507. The molecule has 0 radical (unpaired) electrons. The van der Waals surface area contributed by atoms with Gasteiger partial charge in [0.05, 0.1) is 30.8 Å². The first-order valence-electron chi connectivity index (χ1n) is 11.6. The number of carboxylic acid groups (broad SMARTS) is 1. The lowest BCUT2D eigenvalue weighted by atomic mass is 9.81. The zero-order chi connectivity index (χ0) is 24.1. The molecule has 4 rings (SSSR count). The van der Waals surface area contributed by atoms with E-state index in [1.54, 1.807) is 25.1 Å². The number of thioether (sulfide) groups is 1. The second kappa shape index (κ2) is 11.2. The van der Waals surface area contributed by atoms with Gasteiger partial charge < -0.3 is 19.8 Å². The minimum atomic E-state index is -0.749. The Morgan fingerprint density at radius 2 is 2.24 bits per heavy atom. The van der Waals surface area contributed by atoms with E-state index in [1.807, 2.05) is 37.4 Å². The molecule has 0 aliphatic carbocycles. The van der Waals surface area contributed by atoms with E-state index < -0.39 is 18.0 Å². The highest BCUT2D eigenvalue weighted by atomic mass is 32.2. The molecule has 3 heterocycles. The number of benzene rings is 1. The lowest BCUT2D eigenvalue weighted by Crippen LogP contribution is -2.44. The number of aromatic nitrogens is 3. The molecule has 9 heteroatoms. The lowest BCUT2D eigenvalue weighted by molar-refractivity contribution is -0.146. The van der Waals surface area contributed by atoms with Gasteiger partial charge in [-0.15, -0.1) is 11.8 Å². The Balaban J connectivity index is 1.34. The summed E-state index contributed by atoms with van der Waals surface area (Å²) < 4.78 is 5.33. The fraction of sp³-hybridized carbons (Fsp3) is 0.480. The van der Waals surface area contributed by atoms with Crippen molar-refractivity contribution in [1.29, 1.82) is 0 Å². The molecule has 1 aliphatic heterocycles. The van der Waals surface area contributed by atoms with Crippen LogP contribution in [0.5, 0.6) is 5.75 Å². The number of rotatable bonds is 10. The fourth-order valence-electron chi connectivity index (χ4n) is 4.76. The Bertz CT molecular complexity index is 1120. The summed E-state index contributed by atoms with van der Waals surface area (Å²) in [6, 6.07) is 7.46. The van der Waals surface area contributed by atoms with Crippen LogP contribution in [0, 0.1) is 18.8 Å². The third kappa shape index (κ3) is 5.71. The van der Waals surface area contributed by atoms with Gasteiger partial charge in [0.1, 0.15) is 5.75 Å². The molecule has 182 valence electrons. The topological polar surface area (TPSA) is 112 Å². The number of nitrogens with one attached hydrogen (secondary N) is 1. The van der Waals surface area contributed by atoms with E-state index in [9.17, 15) is 15.0 Å². The van der Waals surface area contributed by atoms with E-state index >= 15 is 0 Å². The van der Waals surface area contributed by atoms with E-state index in [0.717, 1.165) is 52.3 Å². The number of aliphatic hydroxyl groups is 1. The smallest absolute Gasteiger partial charge is 0.308 e. The van der Waals surface area contributed by atoms with Crippen LogP contribution in [0.3, 0.4) is 0 Å². The van der Waals surface area contributed by atoms with Crippen molar-refractivity contribution in [3.63, 3.8) is 0 Å². The average Bonchev–Trinajstić information content (AvgIpc) is 3.26. The molecule has 3 aromatic rings. The van der Waals surface area contributed by atoms with Crippen molar-refractivity contribution in [2.45, 2.75) is 37.2 Å². The number of nitrogens with zero attached hydrogens (tertiary/aromatic N) is 3. The maximum atomic E-state index is 12.0. The van der Waals surface area contributed by atoms with Crippen molar-refractivity contribution in [3.8, 4) is 5.75 Å². The molecular formula is C25H32N4O4S. The summed E-state index contributed by atoms with van der Waals surface area (Å²) in [5.41, 5.74) is 2.67. The Morgan fingerprint density at radius 1 is 1.38 bits per heavy atom. The molecule has 34 heavy (non-hydrogen) atoms. The van der Waals surface area contributed by atoms with Gasteiger partial charge in [-0.2, -0.15) is 5.10 Å². The molecule has 1 aliphatic rings. The first kappa shape index (κ1) is 24.5. The summed E-state index contributed by atoms with van der Waals surface area (Å²) in [4.78, 5) is 19.8. The number of aliphatic carboxylic acids is 1. The summed E-state index contributed by atoms with van der Waals surface area (Å²) in [5, 5.41) is 28.7. The van der Waals surface area contributed by atoms with Crippen molar-refractivity contribution >= 4 is 28.6 Å².